The molecule has 3 aromatic rings. The van der Waals surface area contributed by atoms with Crippen LogP contribution in [0.2, 0.25) is 0 Å². The van der Waals surface area contributed by atoms with Gasteiger partial charge in [0.1, 0.15) is 5.69 Å². The molecule has 1 N–H and O–H groups in total. The Morgan fingerprint density at radius 2 is 2.20 bits per heavy atom. The van der Waals surface area contributed by atoms with E-state index >= 15 is 0 Å². The fraction of sp³-hybridized carbons (Fsp3) is 0.412. The van der Waals surface area contributed by atoms with E-state index in [-0.39, 0.29) is 12.3 Å². The summed E-state index contributed by atoms with van der Waals surface area (Å²) in [7, 11) is 3.50. The lowest BCUT2D eigenvalue weighted by Crippen LogP contribution is -2.20. The predicted molar refractivity (Wildman–Crippen MR) is 95.9 cm³/mol. The fourth-order valence-electron chi connectivity index (χ4n) is 3.21. The molecule has 0 saturated heterocycles. The van der Waals surface area contributed by atoms with E-state index in [1.807, 2.05) is 17.9 Å². The summed E-state index contributed by atoms with van der Waals surface area (Å²) in [5.41, 5.74) is 3.67. The number of hydrogen-bond donors (Lipinski definition) is 1. The first-order valence-electron chi connectivity index (χ1n) is 8.41. The Bertz CT molecular complexity index is 922. The van der Waals surface area contributed by atoms with Gasteiger partial charge in [0.15, 0.2) is 11.6 Å². The molecule has 0 spiro atoms. The minimum atomic E-state index is -0.0944. The smallest absolute Gasteiger partial charge is 0.227 e. The molecule has 1 aliphatic rings. The van der Waals surface area contributed by atoms with E-state index < -0.39 is 0 Å². The van der Waals surface area contributed by atoms with Gasteiger partial charge in [-0.15, -0.1) is 11.3 Å². The first kappa shape index (κ1) is 16.0. The number of fused-ring (bicyclic) bond motifs is 1. The molecule has 3 aromatic heterocycles. The third kappa shape index (κ3) is 2.97. The van der Waals surface area contributed by atoms with Gasteiger partial charge in [0.05, 0.1) is 23.7 Å². The molecular weight excluding hydrogens is 336 g/mol. The number of carbonyl (C=O) groups is 1. The number of amides is 1. The predicted octanol–water partition coefficient (Wildman–Crippen LogP) is 1.90. The van der Waals surface area contributed by atoms with Crippen molar-refractivity contribution in [1.29, 1.82) is 0 Å². The summed E-state index contributed by atoms with van der Waals surface area (Å²) in [4.78, 5) is 17.6. The maximum absolute atomic E-state index is 11.7. The molecule has 1 amide bonds. The minimum Gasteiger partial charge on any atom is -0.359 e. The molecule has 4 rings (SSSR count). The lowest BCUT2D eigenvalue weighted by atomic mass is 9.94. The van der Waals surface area contributed by atoms with Gasteiger partial charge in [-0.25, -0.2) is 9.67 Å². The van der Waals surface area contributed by atoms with Crippen molar-refractivity contribution in [2.75, 3.05) is 7.05 Å². The third-order valence-corrected chi connectivity index (χ3v) is 5.56. The van der Waals surface area contributed by atoms with Crippen LogP contribution in [0, 0.1) is 0 Å². The fourth-order valence-corrected chi connectivity index (χ4v) is 4.35. The maximum atomic E-state index is 11.7. The Labute approximate surface area is 149 Å². The Balaban J connectivity index is 1.82. The van der Waals surface area contributed by atoms with Crippen LogP contribution in [0.1, 0.15) is 29.8 Å². The van der Waals surface area contributed by atoms with Crippen LogP contribution in [0.3, 0.4) is 0 Å². The second-order valence-electron chi connectivity index (χ2n) is 6.26. The quantitative estimate of drug-likeness (QED) is 0.774. The van der Waals surface area contributed by atoms with E-state index in [4.69, 9.17) is 4.98 Å². The zero-order valence-corrected chi connectivity index (χ0v) is 15.1. The van der Waals surface area contributed by atoms with Gasteiger partial charge in [-0.3, -0.25) is 9.48 Å². The van der Waals surface area contributed by atoms with Gasteiger partial charge in [0.25, 0.3) is 0 Å². The Morgan fingerprint density at radius 3 is 2.96 bits per heavy atom. The van der Waals surface area contributed by atoms with Crippen LogP contribution in [0.5, 0.6) is 0 Å². The minimum absolute atomic E-state index is 0.0944. The van der Waals surface area contributed by atoms with Crippen LogP contribution in [-0.2, 0) is 31.1 Å². The van der Waals surface area contributed by atoms with Crippen molar-refractivity contribution in [3.05, 3.63) is 34.7 Å². The summed E-state index contributed by atoms with van der Waals surface area (Å²) in [6.07, 6.45) is 8.52. The van der Waals surface area contributed by atoms with E-state index in [9.17, 15) is 4.79 Å². The van der Waals surface area contributed by atoms with Crippen LogP contribution >= 0.6 is 11.3 Å². The molecule has 0 fully saturated rings. The van der Waals surface area contributed by atoms with E-state index in [1.54, 1.807) is 29.3 Å². The van der Waals surface area contributed by atoms with E-state index in [0.717, 1.165) is 29.2 Å². The molecule has 7 nitrogen and oxygen atoms in total. The molecule has 0 aromatic carbocycles. The summed E-state index contributed by atoms with van der Waals surface area (Å²) in [5.74, 6) is 1.24. The Hall–Kier alpha value is -2.48. The molecule has 130 valence electrons. The summed E-state index contributed by atoms with van der Waals surface area (Å²) in [6.45, 7) is 0. The van der Waals surface area contributed by atoms with Gasteiger partial charge < -0.3 is 5.32 Å². The lowest BCUT2D eigenvalue weighted by Gasteiger charge is -2.12. The van der Waals surface area contributed by atoms with Crippen molar-refractivity contribution < 1.29 is 4.79 Å². The maximum Gasteiger partial charge on any atom is 0.227 e. The second kappa shape index (κ2) is 6.44. The molecule has 0 aliphatic heterocycles. The van der Waals surface area contributed by atoms with Crippen LogP contribution in [0.25, 0.3) is 16.4 Å². The lowest BCUT2D eigenvalue weighted by molar-refractivity contribution is -0.120. The number of carbonyl (C=O) groups excluding carboxylic acids is 1. The zero-order chi connectivity index (χ0) is 17.4. The highest BCUT2D eigenvalue weighted by Gasteiger charge is 2.23. The van der Waals surface area contributed by atoms with Gasteiger partial charge in [-0.05, 0) is 42.2 Å². The van der Waals surface area contributed by atoms with E-state index in [2.05, 4.69) is 20.9 Å². The van der Waals surface area contributed by atoms with Crippen LogP contribution in [-0.4, -0.2) is 37.5 Å². The van der Waals surface area contributed by atoms with Crippen molar-refractivity contribution >= 4 is 17.2 Å². The average Bonchev–Trinajstić information content (AvgIpc) is 3.32. The van der Waals surface area contributed by atoms with Gasteiger partial charge in [0, 0.05) is 14.1 Å². The van der Waals surface area contributed by atoms with Gasteiger partial charge in [-0.1, -0.05) is 0 Å². The highest BCUT2D eigenvalue weighted by Crippen LogP contribution is 2.37. The zero-order valence-electron chi connectivity index (χ0n) is 14.3. The molecule has 3 heterocycles. The number of hydrogen-bond acceptors (Lipinski definition) is 5. The number of nitrogens with one attached hydrogen (secondary N) is 1. The summed E-state index contributed by atoms with van der Waals surface area (Å²) >= 11 is 1.72. The number of aromatic nitrogens is 5. The van der Waals surface area contributed by atoms with Crippen LogP contribution in [0.4, 0.5) is 0 Å². The first-order valence-corrected chi connectivity index (χ1v) is 9.29. The molecule has 0 saturated carbocycles. The standard InChI is InChI=1S/C17H20N6OS/c1-18-15(24)7-14-20-17(23(21-14)12-8-19-22(2)9-12)16-13-6-4-3-5-11(13)10-25-16/h8-10H,3-7H2,1-2H3,(H,18,24). The van der Waals surface area contributed by atoms with E-state index in [1.165, 1.54) is 24.0 Å². The SMILES string of the molecule is CNC(=O)Cc1nc(-c2scc3c2CCCC3)n(-c2cnn(C)c2)n1. The molecule has 1 aliphatic carbocycles. The molecule has 0 radical (unpaired) electrons. The first-order chi connectivity index (χ1) is 12.2. The Kier molecular flexibility index (Phi) is 4.12. The molecule has 0 bridgehead atoms. The monoisotopic (exact) mass is 356 g/mol. The van der Waals surface area contributed by atoms with Crippen LogP contribution < -0.4 is 5.32 Å². The number of rotatable bonds is 4. The van der Waals surface area contributed by atoms with Gasteiger partial charge >= 0.3 is 0 Å². The van der Waals surface area contributed by atoms with Crippen molar-refractivity contribution in [2.45, 2.75) is 32.1 Å². The van der Waals surface area contributed by atoms with Gasteiger partial charge in [-0.2, -0.15) is 10.2 Å². The molecule has 8 heteroatoms. The molecule has 0 atom stereocenters. The number of likely N-dealkylation sites (N-methyl/N-ethyl adjacent to an activating group) is 1. The van der Waals surface area contributed by atoms with Crippen LogP contribution in [0.15, 0.2) is 17.8 Å². The normalized spacial score (nSPS) is 13.7. The highest BCUT2D eigenvalue weighted by molar-refractivity contribution is 7.13. The highest BCUT2D eigenvalue weighted by atomic mass is 32.1. The van der Waals surface area contributed by atoms with E-state index in [0.29, 0.717) is 5.82 Å². The summed E-state index contributed by atoms with van der Waals surface area (Å²) < 4.78 is 3.55. The van der Waals surface area contributed by atoms with Crippen molar-refractivity contribution in [3.63, 3.8) is 0 Å². The van der Waals surface area contributed by atoms with Gasteiger partial charge in [0.2, 0.25) is 5.91 Å². The largest absolute Gasteiger partial charge is 0.359 e. The molecule has 0 unspecified atom stereocenters. The number of thiophene rings is 1. The second-order valence-corrected chi connectivity index (χ2v) is 7.14. The van der Waals surface area contributed by atoms with Crippen molar-refractivity contribution in [3.8, 4) is 16.4 Å². The van der Waals surface area contributed by atoms with Crippen molar-refractivity contribution in [2.24, 2.45) is 7.05 Å². The summed E-state index contributed by atoms with van der Waals surface area (Å²) in [5, 5.41) is 13.7. The number of nitrogens with zero attached hydrogens (tertiary/aromatic N) is 5. The molecule has 25 heavy (non-hydrogen) atoms. The topological polar surface area (TPSA) is 77.6 Å². The Morgan fingerprint density at radius 1 is 1.36 bits per heavy atom. The summed E-state index contributed by atoms with van der Waals surface area (Å²) in [6, 6.07) is 0. The number of aryl methyl sites for hydroxylation is 2. The average molecular weight is 356 g/mol. The molecular formula is C17H20N6OS. The van der Waals surface area contributed by atoms with Crippen molar-refractivity contribution in [1.82, 2.24) is 29.9 Å². The third-order valence-electron chi connectivity index (χ3n) is 4.49.